The molecule has 0 fully saturated rings. The van der Waals surface area contributed by atoms with E-state index in [0.29, 0.717) is 6.07 Å². The van der Waals surface area contributed by atoms with Gasteiger partial charge in [0, 0.05) is 0 Å². The zero-order valence-electron chi connectivity index (χ0n) is 12.1. The second kappa shape index (κ2) is 6.26. The summed E-state index contributed by atoms with van der Waals surface area (Å²) in [6, 6.07) is 0.951. The molecule has 1 rings (SSSR count). The molecule has 1 nitrogen and oxygen atoms in total. The van der Waals surface area contributed by atoms with Crippen LogP contribution in [0, 0.1) is 23.3 Å². The molecule has 0 atom stereocenters. The molecule has 0 spiro atoms. The molecule has 0 aromatic heterocycles. The molecular weight excluding hydrogens is 288 g/mol. The molecule has 0 bridgehead atoms. The largest absolute Gasteiger partial charge is 0.431 e. The van der Waals surface area contributed by atoms with E-state index in [2.05, 4.69) is 0 Å². The van der Waals surface area contributed by atoms with Gasteiger partial charge in [-0.3, -0.25) is 0 Å². The van der Waals surface area contributed by atoms with Gasteiger partial charge >= 0.3 is 0 Å². The maximum Gasteiger partial charge on any atom is 0.197 e. The Labute approximate surface area is 117 Å². The Morgan fingerprint density at radius 2 is 1.45 bits per heavy atom. The molecule has 1 aromatic rings. The Morgan fingerprint density at radius 1 is 0.950 bits per heavy atom. The maximum absolute atomic E-state index is 13.6. The standard InChI is InChI=1S/C14H20F4OSi/c1-8(2)20(19,9(3)4)6-5-10-7-11(15)13(17)14(18)12(10)16/h7-9,19H,5-6H2,1-4H3. The highest BCUT2D eigenvalue weighted by molar-refractivity contribution is 6.75. The molecule has 0 aliphatic rings. The van der Waals surface area contributed by atoms with Crippen molar-refractivity contribution in [1.82, 2.24) is 0 Å². The number of hydrogen-bond donors (Lipinski definition) is 1. The predicted octanol–water partition coefficient (Wildman–Crippen LogP) is 4.54. The molecule has 0 saturated heterocycles. The molecule has 0 aliphatic carbocycles. The van der Waals surface area contributed by atoms with E-state index in [4.69, 9.17) is 0 Å². The second-order valence-electron chi connectivity index (χ2n) is 5.76. The first-order valence-electron chi connectivity index (χ1n) is 6.65. The lowest BCUT2D eigenvalue weighted by Crippen LogP contribution is -2.41. The van der Waals surface area contributed by atoms with Gasteiger partial charge in [-0.25, -0.2) is 17.6 Å². The predicted molar refractivity (Wildman–Crippen MR) is 73.0 cm³/mol. The Hall–Kier alpha value is -0.883. The number of hydrogen-bond acceptors (Lipinski definition) is 1. The van der Waals surface area contributed by atoms with Crippen molar-refractivity contribution in [2.75, 3.05) is 0 Å². The van der Waals surface area contributed by atoms with Gasteiger partial charge < -0.3 is 4.80 Å². The number of rotatable bonds is 5. The van der Waals surface area contributed by atoms with E-state index in [1.165, 1.54) is 0 Å². The quantitative estimate of drug-likeness (QED) is 0.366. The smallest absolute Gasteiger partial charge is 0.197 e. The van der Waals surface area contributed by atoms with Gasteiger partial charge in [-0.15, -0.1) is 0 Å². The summed E-state index contributed by atoms with van der Waals surface area (Å²) in [5.41, 5.74) is -0.143. The highest BCUT2D eigenvalue weighted by Gasteiger charge is 2.38. The zero-order chi connectivity index (χ0) is 15.7. The lowest BCUT2D eigenvalue weighted by Gasteiger charge is -2.33. The Morgan fingerprint density at radius 3 is 1.90 bits per heavy atom. The highest BCUT2D eigenvalue weighted by Crippen LogP contribution is 2.34. The van der Waals surface area contributed by atoms with Gasteiger partial charge in [0.1, 0.15) is 0 Å². The topological polar surface area (TPSA) is 20.2 Å². The molecule has 0 unspecified atom stereocenters. The minimum absolute atomic E-state index is 0.000957. The SMILES string of the molecule is CC(C)[Si](O)(CCc1cc(F)c(F)c(F)c1F)C(C)C. The van der Waals surface area contributed by atoms with E-state index in [0.717, 1.165) is 0 Å². The summed E-state index contributed by atoms with van der Waals surface area (Å²) in [4.78, 5) is 10.7. The van der Waals surface area contributed by atoms with Crippen molar-refractivity contribution in [2.24, 2.45) is 0 Å². The fraction of sp³-hybridized carbons (Fsp3) is 0.571. The van der Waals surface area contributed by atoms with Crippen molar-refractivity contribution in [3.05, 3.63) is 34.9 Å². The van der Waals surface area contributed by atoms with Crippen molar-refractivity contribution in [2.45, 2.75) is 51.2 Å². The van der Waals surface area contributed by atoms with Crippen molar-refractivity contribution in [3.63, 3.8) is 0 Å². The monoisotopic (exact) mass is 308 g/mol. The Kier molecular flexibility index (Phi) is 5.37. The van der Waals surface area contributed by atoms with Crippen molar-refractivity contribution in [1.29, 1.82) is 0 Å². The third kappa shape index (κ3) is 3.23. The highest BCUT2D eigenvalue weighted by atomic mass is 28.4. The van der Waals surface area contributed by atoms with E-state index in [1.807, 2.05) is 27.7 Å². The molecule has 20 heavy (non-hydrogen) atoms. The molecule has 114 valence electrons. The molecule has 6 heteroatoms. The number of aryl methyl sites for hydroxylation is 1. The van der Waals surface area contributed by atoms with Gasteiger partial charge in [0.2, 0.25) is 0 Å². The normalized spacial score (nSPS) is 12.6. The summed E-state index contributed by atoms with van der Waals surface area (Å²) in [6.07, 6.45) is -0.000957. The molecule has 0 aliphatic heterocycles. The number of benzene rings is 1. The summed E-state index contributed by atoms with van der Waals surface area (Å²) in [7, 11) is -2.66. The third-order valence-electron chi connectivity index (χ3n) is 3.97. The van der Waals surface area contributed by atoms with Crippen LogP contribution in [-0.4, -0.2) is 13.1 Å². The first kappa shape index (κ1) is 17.2. The van der Waals surface area contributed by atoms with Crippen molar-refractivity contribution >= 4 is 8.32 Å². The lowest BCUT2D eigenvalue weighted by molar-refractivity contribution is 0.403. The van der Waals surface area contributed by atoms with Crippen LogP contribution in [0.3, 0.4) is 0 Å². The van der Waals surface area contributed by atoms with Gasteiger partial charge in [-0.1, -0.05) is 27.7 Å². The molecule has 0 heterocycles. The summed E-state index contributed by atoms with van der Waals surface area (Å²) in [5, 5.41) is 0. The summed E-state index contributed by atoms with van der Waals surface area (Å²) in [6.45, 7) is 7.53. The van der Waals surface area contributed by atoms with Crippen molar-refractivity contribution in [3.8, 4) is 0 Å². The van der Waals surface area contributed by atoms with E-state index < -0.39 is 31.6 Å². The zero-order valence-corrected chi connectivity index (χ0v) is 13.1. The molecule has 0 saturated carbocycles. The average molecular weight is 308 g/mol. The van der Waals surface area contributed by atoms with E-state index >= 15 is 0 Å². The van der Waals surface area contributed by atoms with E-state index in [9.17, 15) is 22.4 Å². The Balaban J connectivity index is 3.01. The fourth-order valence-electron chi connectivity index (χ4n) is 2.38. The number of halogens is 4. The van der Waals surface area contributed by atoms with Gasteiger partial charge in [-0.05, 0) is 35.2 Å². The summed E-state index contributed by atoms with van der Waals surface area (Å²) in [5.74, 6) is -6.36. The minimum Gasteiger partial charge on any atom is -0.431 e. The minimum atomic E-state index is -2.66. The van der Waals surface area contributed by atoms with Gasteiger partial charge in [0.15, 0.2) is 31.6 Å². The van der Waals surface area contributed by atoms with Crippen LogP contribution < -0.4 is 0 Å². The molecule has 0 radical (unpaired) electrons. The summed E-state index contributed by atoms with van der Waals surface area (Å²) < 4.78 is 52.7. The van der Waals surface area contributed by atoms with Crippen LogP contribution >= 0.6 is 0 Å². The first-order valence-corrected chi connectivity index (χ1v) is 8.96. The van der Waals surface area contributed by atoms with Gasteiger partial charge in [0.05, 0.1) is 0 Å². The second-order valence-corrected chi connectivity index (χ2v) is 10.6. The van der Waals surface area contributed by atoms with E-state index in [1.54, 1.807) is 0 Å². The molecular formula is C14H20F4OSi. The molecule has 0 amide bonds. The Bertz CT molecular complexity index is 481. The maximum atomic E-state index is 13.6. The fourth-order valence-corrected chi connectivity index (χ4v) is 5.54. The average Bonchev–Trinajstić information content (AvgIpc) is 2.38. The van der Waals surface area contributed by atoms with Crippen LogP contribution in [0.15, 0.2) is 6.07 Å². The third-order valence-corrected chi connectivity index (χ3v) is 9.02. The lowest BCUT2D eigenvalue weighted by atomic mass is 10.1. The van der Waals surface area contributed by atoms with Crippen LogP contribution in [0.5, 0.6) is 0 Å². The molecule has 1 N–H and O–H groups in total. The van der Waals surface area contributed by atoms with E-state index in [-0.39, 0.29) is 29.1 Å². The first-order chi connectivity index (χ1) is 9.11. The van der Waals surface area contributed by atoms with Crippen LogP contribution in [0.2, 0.25) is 17.1 Å². The van der Waals surface area contributed by atoms with Crippen LogP contribution in [0.4, 0.5) is 17.6 Å². The van der Waals surface area contributed by atoms with Crippen molar-refractivity contribution < 1.29 is 22.4 Å². The molecule has 1 aromatic carbocycles. The van der Waals surface area contributed by atoms with Gasteiger partial charge in [-0.2, -0.15) is 0 Å². The van der Waals surface area contributed by atoms with Crippen LogP contribution in [0.25, 0.3) is 0 Å². The summed E-state index contributed by atoms with van der Waals surface area (Å²) >= 11 is 0. The van der Waals surface area contributed by atoms with Gasteiger partial charge in [0.25, 0.3) is 0 Å². The van der Waals surface area contributed by atoms with Crippen LogP contribution in [-0.2, 0) is 6.42 Å². The van der Waals surface area contributed by atoms with Crippen LogP contribution in [0.1, 0.15) is 33.3 Å².